The van der Waals surface area contributed by atoms with Crippen LogP contribution in [0.3, 0.4) is 0 Å². The normalized spacial score (nSPS) is 21.7. The van der Waals surface area contributed by atoms with Gasteiger partial charge >= 0.3 is 0 Å². The smallest absolute Gasteiger partial charge is 0.246 e. The number of piperazine rings is 1. The Bertz CT molecular complexity index is 965. The molecule has 0 aromatic heterocycles. The number of carbonyl (C=O) groups is 3. The van der Waals surface area contributed by atoms with Crippen molar-refractivity contribution in [3.8, 4) is 0 Å². The van der Waals surface area contributed by atoms with Crippen LogP contribution in [0.4, 0.5) is 11.4 Å². The Kier molecular flexibility index (Phi) is 5.59. The van der Waals surface area contributed by atoms with Gasteiger partial charge in [-0.2, -0.15) is 0 Å². The Balaban J connectivity index is 1.20. The van der Waals surface area contributed by atoms with Gasteiger partial charge in [-0.1, -0.05) is 18.2 Å². The van der Waals surface area contributed by atoms with Crippen molar-refractivity contribution in [2.75, 3.05) is 62.6 Å². The molecule has 9 heteroatoms. The number of hydrogen-bond donors (Lipinski definition) is 1. The molecule has 1 saturated carbocycles. The van der Waals surface area contributed by atoms with Crippen LogP contribution in [0.25, 0.3) is 0 Å². The van der Waals surface area contributed by atoms with E-state index in [9.17, 15) is 14.4 Å². The predicted octanol–water partition coefficient (Wildman–Crippen LogP) is 1.52. The molecule has 1 aromatic carbocycles. The van der Waals surface area contributed by atoms with Crippen molar-refractivity contribution in [3.63, 3.8) is 0 Å². The molecular weight excluding hydrogens is 430 g/mol. The van der Waals surface area contributed by atoms with Crippen molar-refractivity contribution in [2.45, 2.75) is 24.8 Å². The number of anilines is 2. The van der Waals surface area contributed by atoms with Gasteiger partial charge in [-0.05, 0) is 42.5 Å². The number of fused-ring (bicyclic) bond motifs is 1. The lowest BCUT2D eigenvalue weighted by Gasteiger charge is -2.48. The zero-order valence-corrected chi connectivity index (χ0v) is 18.8. The number of nitrogens with one attached hydrogen (secondary N) is 1. The highest BCUT2D eigenvalue weighted by molar-refractivity contribution is 6.32. The lowest BCUT2D eigenvalue weighted by molar-refractivity contribution is -0.136. The van der Waals surface area contributed by atoms with E-state index in [2.05, 4.69) is 16.8 Å². The second-order valence-electron chi connectivity index (χ2n) is 9.02. The Morgan fingerprint density at radius 2 is 1.84 bits per heavy atom. The number of rotatable bonds is 5. The van der Waals surface area contributed by atoms with E-state index in [0.717, 1.165) is 61.0 Å². The first-order valence-electron chi connectivity index (χ1n) is 11.3. The van der Waals surface area contributed by atoms with Gasteiger partial charge in [0.05, 0.1) is 17.9 Å². The summed E-state index contributed by atoms with van der Waals surface area (Å²) in [6.07, 6.45) is 3.58. The maximum absolute atomic E-state index is 13.1. The Labute approximate surface area is 192 Å². The molecule has 0 spiro atoms. The molecule has 8 nitrogen and oxygen atoms in total. The van der Waals surface area contributed by atoms with E-state index in [-0.39, 0.29) is 30.8 Å². The molecule has 32 heavy (non-hydrogen) atoms. The van der Waals surface area contributed by atoms with Gasteiger partial charge < -0.3 is 15.1 Å². The van der Waals surface area contributed by atoms with Gasteiger partial charge in [-0.3, -0.25) is 24.2 Å². The maximum Gasteiger partial charge on any atom is 0.246 e. The van der Waals surface area contributed by atoms with Crippen molar-refractivity contribution < 1.29 is 14.4 Å². The van der Waals surface area contributed by atoms with Crippen molar-refractivity contribution >= 4 is 40.7 Å². The summed E-state index contributed by atoms with van der Waals surface area (Å²) < 4.78 is 0. The third-order valence-corrected chi connectivity index (χ3v) is 7.31. The number of carbonyl (C=O) groups excluding carboxylic acids is 3. The minimum Gasteiger partial charge on any atom is -0.374 e. The Hall–Kier alpha value is -2.58. The van der Waals surface area contributed by atoms with Crippen LogP contribution < -0.4 is 10.2 Å². The summed E-state index contributed by atoms with van der Waals surface area (Å²) in [5, 5.41) is 3.85. The summed E-state index contributed by atoms with van der Waals surface area (Å²) >= 11 is 6.45. The molecule has 5 rings (SSSR count). The monoisotopic (exact) mass is 457 g/mol. The molecule has 3 aliphatic heterocycles. The van der Waals surface area contributed by atoms with Crippen LogP contribution >= 0.6 is 11.6 Å². The van der Waals surface area contributed by atoms with E-state index in [4.69, 9.17) is 11.6 Å². The molecule has 2 saturated heterocycles. The van der Waals surface area contributed by atoms with Crippen LogP contribution in [-0.4, -0.2) is 90.8 Å². The highest BCUT2D eigenvalue weighted by Crippen LogP contribution is 2.46. The highest BCUT2D eigenvalue weighted by Gasteiger charge is 2.37. The van der Waals surface area contributed by atoms with Crippen LogP contribution in [0, 0.1) is 0 Å². The molecule has 3 amide bonds. The topological polar surface area (TPSA) is 76.2 Å². The third-order valence-electron chi connectivity index (χ3n) is 6.98. The van der Waals surface area contributed by atoms with Gasteiger partial charge in [0.25, 0.3) is 0 Å². The summed E-state index contributed by atoms with van der Waals surface area (Å²) in [5.41, 5.74) is 2.62. The quantitative estimate of drug-likeness (QED) is 0.678. The number of likely N-dealkylation sites (tertiary alicyclic amines) is 1. The first-order chi connectivity index (χ1) is 15.4. The van der Waals surface area contributed by atoms with Crippen LogP contribution in [0.15, 0.2) is 24.8 Å². The largest absolute Gasteiger partial charge is 0.374 e. The lowest BCUT2D eigenvalue weighted by atomic mass is 10.1. The fourth-order valence-electron chi connectivity index (χ4n) is 4.79. The summed E-state index contributed by atoms with van der Waals surface area (Å²) in [4.78, 5) is 44.9. The van der Waals surface area contributed by atoms with Gasteiger partial charge in [-0.15, -0.1) is 0 Å². The summed E-state index contributed by atoms with van der Waals surface area (Å²) in [5.74, 6) is 0.294. The zero-order valence-electron chi connectivity index (χ0n) is 18.1. The molecule has 3 heterocycles. The first-order valence-corrected chi connectivity index (χ1v) is 11.6. The average molecular weight is 458 g/mol. The number of halogens is 1. The SMILES string of the molecule is C=CC(=O)N1CC(N2CCN(C(=O)CN3C(=O)CNc4cc(Cl)c(C5CC5)cc43)CC2)C1. The molecular formula is C23H28ClN5O3. The summed E-state index contributed by atoms with van der Waals surface area (Å²) in [6.45, 7) is 7.99. The van der Waals surface area contributed by atoms with Gasteiger partial charge in [0.2, 0.25) is 17.7 Å². The van der Waals surface area contributed by atoms with Gasteiger partial charge in [0.1, 0.15) is 6.54 Å². The Morgan fingerprint density at radius 1 is 1.12 bits per heavy atom. The van der Waals surface area contributed by atoms with Crippen molar-refractivity contribution in [1.82, 2.24) is 14.7 Å². The van der Waals surface area contributed by atoms with E-state index in [1.807, 2.05) is 17.0 Å². The minimum atomic E-state index is -0.102. The van der Waals surface area contributed by atoms with Crippen LogP contribution in [-0.2, 0) is 14.4 Å². The predicted molar refractivity (Wildman–Crippen MR) is 123 cm³/mol. The Morgan fingerprint density at radius 3 is 2.50 bits per heavy atom. The van der Waals surface area contributed by atoms with E-state index < -0.39 is 0 Å². The molecule has 4 aliphatic rings. The number of benzene rings is 1. The van der Waals surface area contributed by atoms with Crippen LogP contribution in [0.1, 0.15) is 24.3 Å². The van der Waals surface area contributed by atoms with Crippen molar-refractivity contribution in [2.24, 2.45) is 0 Å². The molecule has 0 radical (unpaired) electrons. The lowest BCUT2D eigenvalue weighted by Crippen LogP contribution is -2.64. The van der Waals surface area contributed by atoms with Crippen molar-refractivity contribution in [3.05, 3.63) is 35.4 Å². The van der Waals surface area contributed by atoms with E-state index in [0.29, 0.717) is 25.0 Å². The van der Waals surface area contributed by atoms with Crippen LogP contribution in [0.5, 0.6) is 0 Å². The standard InChI is InChI=1S/C23H28ClN5O3/c1-2-21(30)28-12-16(13-28)26-5-7-27(8-6-26)23(32)14-29-20-9-17(15-3-4-15)18(24)10-19(20)25-11-22(29)31/h2,9-10,15-16,25H,1,3-8,11-14H2. The van der Waals surface area contributed by atoms with E-state index in [1.165, 1.54) is 6.08 Å². The average Bonchev–Trinajstić information content (AvgIpc) is 3.60. The highest BCUT2D eigenvalue weighted by atomic mass is 35.5. The minimum absolute atomic E-state index is 0.0258. The zero-order chi connectivity index (χ0) is 22.4. The molecule has 1 N–H and O–H groups in total. The van der Waals surface area contributed by atoms with Gasteiger partial charge in [0, 0.05) is 50.3 Å². The maximum atomic E-state index is 13.1. The fourth-order valence-corrected chi connectivity index (χ4v) is 5.11. The molecule has 1 aromatic rings. The van der Waals surface area contributed by atoms with Gasteiger partial charge in [-0.25, -0.2) is 0 Å². The third kappa shape index (κ3) is 3.97. The number of nitrogens with zero attached hydrogens (tertiary/aromatic N) is 4. The number of amides is 3. The second kappa shape index (κ2) is 8.41. The first kappa shape index (κ1) is 21.3. The van der Waals surface area contributed by atoms with E-state index in [1.54, 1.807) is 9.80 Å². The molecule has 1 aliphatic carbocycles. The van der Waals surface area contributed by atoms with E-state index >= 15 is 0 Å². The van der Waals surface area contributed by atoms with Gasteiger partial charge in [0.15, 0.2) is 0 Å². The molecule has 170 valence electrons. The summed E-state index contributed by atoms with van der Waals surface area (Å²) in [6, 6.07) is 4.22. The summed E-state index contributed by atoms with van der Waals surface area (Å²) in [7, 11) is 0. The second-order valence-corrected chi connectivity index (χ2v) is 9.42. The molecule has 0 unspecified atom stereocenters. The fraction of sp³-hybridized carbons (Fsp3) is 0.522. The van der Waals surface area contributed by atoms with Crippen molar-refractivity contribution in [1.29, 1.82) is 0 Å². The number of hydrogen-bond acceptors (Lipinski definition) is 5. The molecule has 0 bridgehead atoms. The molecule has 0 atom stereocenters. The molecule has 3 fully saturated rings. The van der Waals surface area contributed by atoms with Crippen LogP contribution in [0.2, 0.25) is 5.02 Å².